The molecule has 26 heavy (non-hydrogen) atoms. The number of nitrogens with one attached hydrogen (secondary N) is 1. The second-order valence-electron chi connectivity index (χ2n) is 5.85. The van der Waals surface area contributed by atoms with Gasteiger partial charge in [0.15, 0.2) is 0 Å². The van der Waals surface area contributed by atoms with E-state index in [4.69, 9.17) is 9.47 Å². The van der Waals surface area contributed by atoms with Crippen LogP contribution in [0.15, 0.2) is 42.5 Å². The van der Waals surface area contributed by atoms with Crippen LogP contribution in [0.1, 0.15) is 16.8 Å². The Morgan fingerprint density at radius 3 is 2.35 bits per heavy atom. The molecule has 1 aliphatic rings. The molecule has 0 saturated carbocycles. The second kappa shape index (κ2) is 7.25. The van der Waals surface area contributed by atoms with Gasteiger partial charge in [0.2, 0.25) is 10.0 Å². The Labute approximate surface area is 152 Å². The molecule has 1 aliphatic heterocycles. The van der Waals surface area contributed by atoms with Gasteiger partial charge in [-0.3, -0.25) is 9.10 Å². The lowest BCUT2D eigenvalue weighted by molar-refractivity contribution is 0.102. The first-order valence-electron chi connectivity index (χ1n) is 8.08. The minimum absolute atomic E-state index is 0.146. The molecule has 0 aliphatic carbocycles. The topological polar surface area (TPSA) is 84.9 Å². The molecule has 138 valence electrons. The van der Waals surface area contributed by atoms with Gasteiger partial charge in [0.25, 0.3) is 5.91 Å². The molecule has 1 N–H and O–H groups in total. The van der Waals surface area contributed by atoms with Crippen LogP contribution >= 0.6 is 0 Å². The smallest absolute Gasteiger partial charge is 0.255 e. The van der Waals surface area contributed by atoms with E-state index in [0.29, 0.717) is 41.4 Å². The van der Waals surface area contributed by atoms with Crippen molar-refractivity contribution in [2.24, 2.45) is 0 Å². The number of benzene rings is 2. The summed E-state index contributed by atoms with van der Waals surface area (Å²) in [4.78, 5) is 12.6. The molecular formula is C18H20N2O5S. The number of hydrogen-bond acceptors (Lipinski definition) is 5. The van der Waals surface area contributed by atoms with Crippen LogP contribution in [0.25, 0.3) is 0 Å². The zero-order valence-corrected chi connectivity index (χ0v) is 15.4. The summed E-state index contributed by atoms with van der Waals surface area (Å²) in [6, 6.07) is 11.7. The summed E-state index contributed by atoms with van der Waals surface area (Å²) in [5.41, 5.74) is 1.43. The summed E-state index contributed by atoms with van der Waals surface area (Å²) >= 11 is 0. The van der Waals surface area contributed by atoms with Crippen LogP contribution in [0, 0.1) is 0 Å². The number of anilines is 2. The third kappa shape index (κ3) is 3.75. The fourth-order valence-corrected chi connectivity index (χ4v) is 4.37. The quantitative estimate of drug-likeness (QED) is 0.867. The monoisotopic (exact) mass is 376 g/mol. The molecule has 7 nitrogen and oxygen atoms in total. The van der Waals surface area contributed by atoms with Gasteiger partial charge in [0.1, 0.15) is 11.5 Å². The Hall–Kier alpha value is -2.74. The maximum Gasteiger partial charge on any atom is 0.255 e. The van der Waals surface area contributed by atoms with E-state index in [1.807, 2.05) is 0 Å². The number of sulfonamides is 1. The van der Waals surface area contributed by atoms with E-state index in [-0.39, 0.29) is 11.7 Å². The molecular weight excluding hydrogens is 356 g/mol. The molecule has 1 saturated heterocycles. The number of carbonyl (C=O) groups excluding carboxylic acids is 1. The highest BCUT2D eigenvalue weighted by molar-refractivity contribution is 7.93. The molecule has 2 aromatic rings. The van der Waals surface area contributed by atoms with Crippen LogP contribution in [0.4, 0.5) is 11.4 Å². The summed E-state index contributed by atoms with van der Waals surface area (Å²) in [6.07, 6.45) is 0.600. The molecule has 8 heteroatoms. The first-order valence-corrected chi connectivity index (χ1v) is 9.69. The Kier molecular flexibility index (Phi) is 5.03. The van der Waals surface area contributed by atoms with Gasteiger partial charge in [-0.2, -0.15) is 0 Å². The summed E-state index contributed by atoms with van der Waals surface area (Å²) in [7, 11) is -0.247. The molecule has 0 spiro atoms. The Morgan fingerprint density at radius 1 is 1.08 bits per heavy atom. The van der Waals surface area contributed by atoms with Crippen LogP contribution in [-0.2, 0) is 10.0 Å². The molecule has 0 atom stereocenters. The summed E-state index contributed by atoms with van der Waals surface area (Å²) < 4.78 is 35.9. The Bertz CT molecular complexity index is 905. The first kappa shape index (κ1) is 18.1. The molecule has 0 unspecified atom stereocenters. The Morgan fingerprint density at radius 2 is 1.77 bits per heavy atom. The highest BCUT2D eigenvalue weighted by Gasteiger charge is 2.28. The van der Waals surface area contributed by atoms with Crippen LogP contribution in [0.3, 0.4) is 0 Å². The highest BCUT2D eigenvalue weighted by atomic mass is 32.2. The van der Waals surface area contributed by atoms with Gasteiger partial charge in [-0.25, -0.2) is 8.42 Å². The number of nitrogens with zero attached hydrogens (tertiary/aromatic N) is 1. The first-order chi connectivity index (χ1) is 12.4. The number of carbonyl (C=O) groups is 1. The minimum atomic E-state index is -3.27. The van der Waals surface area contributed by atoms with Crippen molar-refractivity contribution in [3.8, 4) is 11.5 Å². The number of hydrogen-bond donors (Lipinski definition) is 1. The van der Waals surface area contributed by atoms with Gasteiger partial charge in [0, 0.05) is 23.9 Å². The van der Waals surface area contributed by atoms with Gasteiger partial charge < -0.3 is 14.8 Å². The van der Waals surface area contributed by atoms with Crippen LogP contribution in [-0.4, -0.2) is 40.8 Å². The lowest BCUT2D eigenvalue weighted by atomic mass is 10.1. The van der Waals surface area contributed by atoms with Crippen molar-refractivity contribution < 1.29 is 22.7 Å². The predicted molar refractivity (Wildman–Crippen MR) is 99.7 cm³/mol. The molecule has 1 heterocycles. The fourth-order valence-electron chi connectivity index (χ4n) is 2.81. The Balaban J connectivity index is 1.83. The van der Waals surface area contributed by atoms with E-state index < -0.39 is 10.0 Å². The highest BCUT2D eigenvalue weighted by Crippen LogP contribution is 2.27. The third-order valence-corrected chi connectivity index (χ3v) is 5.97. The molecule has 2 aromatic carbocycles. The molecule has 0 bridgehead atoms. The largest absolute Gasteiger partial charge is 0.497 e. The van der Waals surface area contributed by atoms with Crippen LogP contribution in [0.2, 0.25) is 0 Å². The second-order valence-corrected chi connectivity index (χ2v) is 7.86. The normalized spacial score (nSPS) is 15.5. The van der Waals surface area contributed by atoms with Gasteiger partial charge >= 0.3 is 0 Å². The van der Waals surface area contributed by atoms with E-state index in [0.717, 1.165) is 0 Å². The molecule has 3 rings (SSSR count). The predicted octanol–water partition coefficient (Wildman–Crippen LogP) is 2.50. The van der Waals surface area contributed by atoms with Gasteiger partial charge in [-0.15, -0.1) is 0 Å². The number of rotatable bonds is 5. The zero-order chi connectivity index (χ0) is 18.7. The summed E-state index contributed by atoms with van der Waals surface area (Å²) in [5.74, 6) is 0.814. The minimum Gasteiger partial charge on any atom is -0.497 e. The lowest BCUT2D eigenvalue weighted by Crippen LogP contribution is -2.25. The molecule has 1 amide bonds. The van der Waals surface area contributed by atoms with Crippen molar-refractivity contribution in [1.82, 2.24) is 0 Å². The van der Waals surface area contributed by atoms with Crippen molar-refractivity contribution in [3.63, 3.8) is 0 Å². The zero-order valence-electron chi connectivity index (χ0n) is 14.6. The summed E-state index contributed by atoms with van der Waals surface area (Å²) in [5, 5.41) is 2.78. The van der Waals surface area contributed by atoms with Gasteiger partial charge in [-0.1, -0.05) is 6.07 Å². The number of methoxy groups -OCH3 is 2. The SMILES string of the molecule is COc1cc(OC)cc(C(=O)Nc2cccc(N3CCCS3(=O)=O)c2)c1. The van der Waals surface area contributed by atoms with Gasteiger partial charge in [-0.05, 0) is 36.8 Å². The maximum absolute atomic E-state index is 12.6. The van der Waals surface area contributed by atoms with E-state index in [9.17, 15) is 13.2 Å². The van der Waals surface area contributed by atoms with Crippen molar-refractivity contribution in [3.05, 3.63) is 48.0 Å². The fraction of sp³-hybridized carbons (Fsp3) is 0.278. The van der Waals surface area contributed by atoms with E-state index in [1.165, 1.54) is 18.5 Å². The lowest BCUT2D eigenvalue weighted by Gasteiger charge is -2.18. The molecule has 0 aromatic heterocycles. The summed E-state index contributed by atoms with van der Waals surface area (Å²) in [6.45, 7) is 0.451. The van der Waals surface area contributed by atoms with Crippen molar-refractivity contribution in [1.29, 1.82) is 0 Å². The number of amides is 1. The number of ether oxygens (including phenoxy) is 2. The van der Waals surface area contributed by atoms with Crippen molar-refractivity contribution in [2.45, 2.75) is 6.42 Å². The van der Waals surface area contributed by atoms with Gasteiger partial charge in [0.05, 0.1) is 25.7 Å². The van der Waals surface area contributed by atoms with Crippen LogP contribution in [0.5, 0.6) is 11.5 Å². The average molecular weight is 376 g/mol. The van der Waals surface area contributed by atoms with Crippen molar-refractivity contribution >= 4 is 27.3 Å². The van der Waals surface area contributed by atoms with E-state index >= 15 is 0 Å². The standard InChI is InChI=1S/C18H20N2O5S/c1-24-16-9-13(10-17(12-16)25-2)18(21)19-14-5-3-6-15(11-14)20-7-4-8-26(20,22)23/h3,5-6,9-12H,4,7-8H2,1-2H3,(H,19,21). The van der Waals surface area contributed by atoms with Crippen molar-refractivity contribution in [2.75, 3.05) is 36.1 Å². The third-order valence-electron chi connectivity index (χ3n) is 4.10. The van der Waals surface area contributed by atoms with Crippen LogP contribution < -0.4 is 19.1 Å². The molecule has 0 radical (unpaired) electrons. The van der Waals surface area contributed by atoms with E-state index in [2.05, 4.69) is 5.32 Å². The maximum atomic E-state index is 12.6. The van der Waals surface area contributed by atoms with E-state index in [1.54, 1.807) is 42.5 Å². The average Bonchev–Trinajstić information content (AvgIpc) is 3.00. The molecule has 1 fully saturated rings.